The number of hydrogen-bond acceptors (Lipinski definition) is 3. The Bertz CT molecular complexity index is 293. The molecule has 0 saturated heterocycles. The van der Waals surface area contributed by atoms with E-state index in [-0.39, 0.29) is 36.2 Å². The van der Waals surface area contributed by atoms with Crippen LogP contribution in [-0.2, 0) is 9.59 Å². The molecule has 5 nitrogen and oxygen atoms in total. The minimum Gasteiger partial charge on any atom is -0.370 e. The molecule has 4 atom stereocenters. The van der Waals surface area contributed by atoms with Gasteiger partial charge in [0.2, 0.25) is 11.8 Å². The van der Waals surface area contributed by atoms with Gasteiger partial charge in [-0.25, -0.2) is 0 Å². The van der Waals surface area contributed by atoms with Crippen LogP contribution in [0.1, 0.15) is 39.5 Å². The molecule has 5 heteroatoms. The van der Waals surface area contributed by atoms with Gasteiger partial charge < -0.3 is 16.8 Å². The van der Waals surface area contributed by atoms with Crippen molar-refractivity contribution in [3.8, 4) is 0 Å². The second kappa shape index (κ2) is 6.00. The predicted molar refractivity (Wildman–Crippen MR) is 65.9 cm³/mol. The molecule has 0 radical (unpaired) electrons. The monoisotopic (exact) mass is 241 g/mol. The first-order valence-electron chi connectivity index (χ1n) is 6.26. The van der Waals surface area contributed by atoms with Gasteiger partial charge >= 0.3 is 0 Å². The van der Waals surface area contributed by atoms with Crippen molar-refractivity contribution in [2.24, 2.45) is 23.3 Å². The minimum absolute atomic E-state index is 0.00130. The summed E-state index contributed by atoms with van der Waals surface area (Å²) in [4.78, 5) is 22.8. The van der Waals surface area contributed by atoms with Gasteiger partial charge in [0.1, 0.15) is 0 Å². The molecule has 0 bridgehead atoms. The molecule has 0 aromatic heterocycles. The molecule has 2 amide bonds. The minimum atomic E-state index is -0.397. The van der Waals surface area contributed by atoms with Gasteiger partial charge in [0.25, 0.3) is 0 Å². The van der Waals surface area contributed by atoms with Crippen molar-refractivity contribution in [2.75, 3.05) is 0 Å². The molecule has 1 rings (SSSR count). The van der Waals surface area contributed by atoms with Crippen LogP contribution in [-0.4, -0.2) is 23.9 Å². The zero-order valence-electron chi connectivity index (χ0n) is 10.6. The second-order valence-electron chi connectivity index (χ2n) is 5.14. The molecule has 98 valence electrons. The highest BCUT2D eigenvalue weighted by atomic mass is 16.2. The summed E-state index contributed by atoms with van der Waals surface area (Å²) in [7, 11) is 0. The van der Waals surface area contributed by atoms with E-state index in [0.717, 1.165) is 19.3 Å². The molecular formula is C12H23N3O2. The van der Waals surface area contributed by atoms with Crippen molar-refractivity contribution >= 4 is 11.8 Å². The maximum atomic E-state index is 12.0. The van der Waals surface area contributed by atoms with Crippen molar-refractivity contribution in [3.63, 3.8) is 0 Å². The Kier molecular flexibility index (Phi) is 4.93. The molecule has 0 aromatic carbocycles. The van der Waals surface area contributed by atoms with Crippen molar-refractivity contribution < 1.29 is 9.59 Å². The molecule has 4 unspecified atom stereocenters. The van der Waals surface area contributed by atoms with Crippen LogP contribution < -0.4 is 16.8 Å². The summed E-state index contributed by atoms with van der Waals surface area (Å²) in [6.07, 6.45) is 3.04. The fourth-order valence-electron chi connectivity index (χ4n) is 2.47. The molecule has 1 fully saturated rings. The van der Waals surface area contributed by atoms with E-state index in [1.165, 1.54) is 0 Å². The molecule has 1 aliphatic carbocycles. The van der Waals surface area contributed by atoms with E-state index in [1.54, 1.807) is 6.92 Å². The van der Waals surface area contributed by atoms with E-state index in [2.05, 4.69) is 5.32 Å². The SMILES string of the molecule is CC(CC(N)=O)NC(=O)C1CCCC(N)C1C. The molecule has 0 spiro atoms. The average Bonchev–Trinajstić information content (AvgIpc) is 2.20. The highest BCUT2D eigenvalue weighted by Gasteiger charge is 2.32. The summed E-state index contributed by atoms with van der Waals surface area (Å²) in [6.45, 7) is 3.81. The Morgan fingerprint density at radius 3 is 2.65 bits per heavy atom. The number of hydrogen-bond donors (Lipinski definition) is 3. The van der Waals surface area contributed by atoms with Crippen molar-refractivity contribution in [3.05, 3.63) is 0 Å². The van der Waals surface area contributed by atoms with Gasteiger partial charge in [-0.05, 0) is 25.7 Å². The molecular weight excluding hydrogens is 218 g/mol. The maximum absolute atomic E-state index is 12.0. The fraction of sp³-hybridized carbons (Fsp3) is 0.833. The Balaban J connectivity index is 2.48. The van der Waals surface area contributed by atoms with Gasteiger partial charge in [0.15, 0.2) is 0 Å². The van der Waals surface area contributed by atoms with E-state index in [4.69, 9.17) is 11.5 Å². The lowest BCUT2D eigenvalue weighted by Crippen LogP contribution is -2.46. The molecule has 1 aliphatic rings. The van der Waals surface area contributed by atoms with Crippen LogP contribution in [0.25, 0.3) is 0 Å². The van der Waals surface area contributed by atoms with Gasteiger partial charge in [0.05, 0.1) is 0 Å². The Morgan fingerprint density at radius 2 is 2.06 bits per heavy atom. The lowest BCUT2D eigenvalue weighted by molar-refractivity contribution is -0.128. The van der Waals surface area contributed by atoms with Crippen molar-refractivity contribution in [2.45, 2.75) is 51.6 Å². The van der Waals surface area contributed by atoms with Crippen molar-refractivity contribution in [1.29, 1.82) is 0 Å². The Labute approximate surface area is 102 Å². The Morgan fingerprint density at radius 1 is 1.41 bits per heavy atom. The largest absolute Gasteiger partial charge is 0.370 e. The number of nitrogens with two attached hydrogens (primary N) is 2. The fourth-order valence-corrected chi connectivity index (χ4v) is 2.47. The van der Waals surface area contributed by atoms with Gasteiger partial charge in [-0.15, -0.1) is 0 Å². The summed E-state index contributed by atoms with van der Waals surface area (Å²) in [5.41, 5.74) is 11.1. The topological polar surface area (TPSA) is 98.2 Å². The zero-order chi connectivity index (χ0) is 13.0. The van der Waals surface area contributed by atoms with Gasteiger partial charge in [0, 0.05) is 24.4 Å². The highest BCUT2D eigenvalue weighted by Crippen LogP contribution is 2.29. The molecule has 1 saturated carbocycles. The van der Waals surface area contributed by atoms with Crippen molar-refractivity contribution in [1.82, 2.24) is 5.32 Å². The van der Waals surface area contributed by atoms with Crippen LogP contribution >= 0.6 is 0 Å². The standard InChI is InChI=1S/C12H23N3O2/c1-7(6-11(14)16)15-12(17)9-4-3-5-10(13)8(9)2/h7-10H,3-6,13H2,1-2H3,(H2,14,16)(H,15,17). The smallest absolute Gasteiger partial charge is 0.223 e. The van der Waals surface area contributed by atoms with E-state index in [0.29, 0.717) is 0 Å². The summed E-state index contributed by atoms with van der Waals surface area (Å²) in [5, 5.41) is 2.84. The molecule has 0 aliphatic heterocycles. The second-order valence-corrected chi connectivity index (χ2v) is 5.14. The third-order valence-corrected chi connectivity index (χ3v) is 3.60. The molecule has 17 heavy (non-hydrogen) atoms. The summed E-state index contributed by atoms with van der Waals surface area (Å²) >= 11 is 0. The molecule has 0 heterocycles. The van der Waals surface area contributed by atoms with Crippen LogP contribution in [0.4, 0.5) is 0 Å². The maximum Gasteiger partial charge on any atom is 0.223 e. The molecule has 0 aromatic rings. The number of amides is 2. The van der Waals surface area contributed by atoms with Crippen LogP contribution in [0.5, 0.6) is 0 Å². The normalized spacial score (nSPS) is 30.6. The predicted octanol–water partition coefficient (Wildman–Crippen LogP) is 0.130. The van der Waals surface area contributed by atoms with Crippen LogP contribution in [0.15, 0.2) is 0 Å². The average molecular weight is 241 g/mol. The van der Waals surface area contributed by atoms with Crippen LogP contribution in [0, 0.1) is 11.8 Å². The third kappa shape index (κ3) is 4.00. The first kappa shape index (κ1) is 14.0. The summed E-state index contributed by atoms with van der Waals surface area (Å²) in [6, 6.07) is -0.101. The van der Waals surface area contributed by atoms with Gasteiger partial charge in [-0.3, -0.25) is 9.59 Å². The van der Waals surface area contributed by atoms with Gasteiger partial charge in [-0.1, -0.05) is 13.3 Å². The quantitative estimate of drug-likeness (QED) is 0.652. The number of primary amides is 1. The number of carbonyl (C=O) groups excluding carboxylic acids is 2. The summed E-state index contributed by atoms with van der Waals surface area (Å²) in [5.74, 6) is -0.230. The summed E-state index contributed by atoms with van der Waals surface area (Å²) < 4.78 is 0. The lowest BCUT2D eigenvalue weighted by Gasteiger charge is -2.33. The van der Waals surface area contributed by atoms with Gasteiger partial charge in [-0.2, -0.15) is 0 Å². The third-order valence-electron chi connectivity index (χ3n) is 3.60. The molecule has 5 N–H and O–H groups in total. The van der Waals surface area contributed by atoms with E-state index < -0.39 is 5.91 Å². The highest BCUT2D eigenvalue weighted by molar-refractivity contribution is 5.81. The van der Waals surface area contributed by atoms with Crippen LogP contribution in [0.2, 0.25) is 0 Å². The van der Waals surface area contributed by atoms with Crippen LogP contribution in [0.3, 0.4) is 0 Å². The number of rotatable bonds is 4. The number of carbonyl (C=O) groups is 2. The van der Waals surface area contributed by atoms with E-state index in [1.807, 2.05) is 6.92 Å². The van der Waals surface area contributed by atoms with E-state index in [9.17, 15) is 9.59 Å². The zero-order valence-corrected chi connectivity index (χ0v) is 10.6. The van der Waals surface area contributed by atoms with E-state index >= 15 is 0 Å². The number of nitrogens with one attached hydrogen (secondary N) is 1. The first-order valence-corrected chi connectivity index (χ1v) is 6.26. The first-order chi connectivity index (χ1) is 7.91. The Hall–Kier alpha value is -1.10. The lowest BCUT2D eigenvalue weighted by atomic mass is 9.77.